The van der Waals surface area contributed by atoms with E-state index in [1.54, 1.807) is 25.1 Å². The van der Waals surface area contributed by atoms with Gasteiger partial charge in [0.05, 0.1) is 10.7 Å². The summed E-state index contributed by atoms with van der Waals surface area (Å²) >= 11 is 1.27. The first kappa shape index (κ1) is 15.3. The van der Waals surface area contributed by atoms with Crippen molar-refractivity contribution in [2.75, 3.05) is 6.61 Å². The Morgan fingerprint density at radius 3 is 2.65 bits per heavy atom. The van der Waals surface area contributed by atoms with Gasteiger partial charge in [0.1, 0.15) is 11.5 Å². The molecule has 0 radical (unpaired) electrons. The van der Waals surface area contributed by atoms with Crippen LogP contribution < -0.4 is 20.3 Å². The molecular formula is C15H15N3O4S. The first-order valence-corrected chi connectivity index (χ1v) is 7.79. The number of fused-ring (bicyclic) bond motifs is 1. The van der Waals surface area contributed by atoms with Crippen LogP contribution in [0.1, 0.15) is 20.4 Å². The highest BCUT2D eigenvalue weighted by molar-refractivity contribution is 7.13. The molecule has 7 nitrogen and oxygen atoms in total. The molecule has 1 aliphatic heterocycles. The van der Waals surface area contributed by atoms with Crippen molar-refractivity contribution in [3.63, 3.8) is 0 Å². The van der Waals surface area contributed by atoms with Gasteiger partial charge >= 0.3 is 0 Å². The van der Waals surface area contributed by atoms with Gasteiger partial charge in [-0.2, -0.15) is 0 Å². The molecule has 23 heavy (non-hydrogen) atoms. The van der Waals surface area contributed by atoms with Crippen molar-refractivity contribution in [3.05, 3.63) is 39.8 Å². The van der Waals surface area contributed by atoms with Gasteiger partial charge in [0.25, 0.3) is 11.8 Å². The monoisotopic (exact) mass is 333 g/mol. The fourth-order valence-electron chi connectivity index (χ4n) is 2.15. The Morgan fingerprint density at radius 1 is 1.22 bits per heavy atom. The molecule has 2 aromatic rings. The molecule has 1 atom stereocenters. The molecule has 0 saturated carbocycles. The molecule has 0 saturated heterocycles. The number of hydrogen-bond donors (Lipinski definition) is 2. The minimum Gasteiger partial charge on any atom is -0.485 e. The summed E-state index contributed by atoms with van der Waals surface area (Å²) in [5.74, 6) is 0.209. The van der Waals surface area contributed by atoms with Gasteiger partial charge in [-0.05, 0) is 26.0 Å². The lowest BCUT2D eigenvalue weighted by molar-refractivity contribution is -0.131. The van der Waals surface area contributed by atoms with E-state index < -0.39 is 17.9 Å². The van der Waals surface area contributed by atoms with E-state index in [2.05, 4.69) is 15.8 Å². The molecule has 3 rings (SSSR count). The minimum absolute atomic E-state index is 0.0808. The second-order valence-electron chi connectivity index (χ2n) is 4.96. The maximum Gasteiger partial charge on any atom is 0.283 e. The molecule has 2 heterocycles. The van der Waals surface area contributed by atoms with Gasteiger partial charge in [0.15, 0.2) is 11.5 Å². The maximum absolute atomic E-state index is 12.1. The van der Waals surface area contributed by atoms with Crippen LogP contribution >= 0.6 is 11.3 Å². The van der Waals surface area contributed by atoms with Crippen molar-refractivity contribution in [2.45, 2.75) is 20.0 Å². The smallest absolute Gasteiger partial charge is 0.283 e. The molecule has 0 aliphatic carbocycles. The lowest BCUT2D eigenvalue weighted by Gasteiger charge is -2.25. The van der Waals surface area contributed by atoms with Crippen molar-refractivity contribution in [3.8, 4) is 11.5 Å². The standard InChI is InChI=1S/C15H15N3O4S/c1-8-13(23-9(2)16-8)15(20)18-17-14(19)12-7-21-10-5-3-4-6-11(10)22-12/h3-6,12H,7H2,1-2H3,(H,17,19)(H,18,20)/t12-/m0/s1. The van der Waals surface area contributed by atoms with Crippen LogP contribution in [0.15, 0.2) is 24.3 Å². The summed E-state index contributed by atoms with van der Waals surface area (Å²) < 4.78 is 11.0. The highest BCUT2D eigenvalue weighted by Crippen LogP contribution is 2.30. The lowest BCUT2D eigenvalue weighted by Crippen LogP contribution is -2.50. The van der Waals surface area contributed by atoms with Gasteiger partial charge in [-0.25, -0.2) is 4.98 Å². The van der Waals surface area contributed by atoms with E-state index in [0.29, 0.717) is 22.1 Å². The van der Waals surface area contributed by atoms with E-state index in [9.17, 15) is 9.59 Å². The van der Waals surface area contributed by atoms with E-state index in [-0.39, 0.29) is 6.61 Å². The van der Waals surface area contributed by atoms with Crippen LogP contribution in [-0.2, 0) is 4.79 Å². The number of para-hydroxylation sites is 2. The fraction of sp³-hybridized carbons (Fsp3) is 0.267. The molecule has 1 aliphatic rings. The van der Waals surface area contributed by atoms with Crippen molar-refractivity contribution in [1.82, 2.24) is 15.8 Å². The van der Waals surface area contributed by atoms with Crippen LogP contribution in [0, 0.1) is 13.8 Å². The number of nitrogens with zero attached hydrogens (tertiary/aromatic N) is 1. The number of amides is 2. The number of thiazole rings is 1. The Bertz CT molecular complexity index is 759. The number of aromatic nitrogens is 1. The predicted octanol–water partition coefficient (Wildman–Crippen LogP) is 1.36. The number of carbonyl (C=O) groups is 2. The number of hydrogen-bond acceptors (Lipinski definition) is 6. The summed E-state index contributed by atoms with van der Waals surface area (Å²) in [6.45, 7) is 3.64. The van der Waals surface area contributed by atoms with Crippen molar-refractivity contribution < 1.29 is 19.1 Å². The normalized spacial score (nSPS) is 15.8. The molecule has 2 N–H and O–H groups in total. The van der Waals surface area contributed by atoms with Gasteiger partial charge < -0.3 is 9.47 Å². The van der Waals surface area contributed by atoms with E-state index in [4.69, 9.17) is 9.47 Å². The first-order chi connectivity index (χ1) is 11.0. The van der Waals surface area contributed by atoms with E-state index >= 15 is 0 Å². The zero-order valence-electron chi connectivity index (χ0n) is 12.6. The van der Waals surface area contributed by atoms with Crippen LogP contribution in [0.4, 0.5) is 0 Å². The van der Waals surface area contributed by atoms with Gasteiger partial charge in [-0.15, -0.1) is 11.3 Å². The number of rotatable bonds is 2. The molecule has 0 fully saturated rings. The summed E-state index contributed by atoms with van der Waals surface area (Å²) in [7, 11) is 0. The van der Waals surface area contributed by atoms with Crippen LogP contribution in [0.5, 0.6) is 11.5 Å². The molecule has 1 aromatic heterocycles. The molecule has 0 spiro atoms. The number of hydrazine groups is 1. The second kappa shape index (κ2) is 6.25. The summed E-state index contributed by atoms with van der Waals surface area (Å²) in [5, 5.41) is 0.791. The van der Waals surface area contributed by atoms with Crippen LogP contribution in [0.3, 0.4) is 0 Å². The molecule has 2 amide bonds. The Hall–Kier alpha value is -2.61. The van der Waals surface area contributed by atoms with E-state index in [0.717, 1.165) is 5.01 Å². The molecule has 120 valence electrons. The van der Waals surface area contributed by atoms with Crippen molar-refractivity contribution in [1.29, 1.82) is 0 Å². The van der Waals surface area contributed by atoms with Gasteiger partial charge in [0, 0.05) is 0 Å². The molecular weight excluding hydrogens is 318 g/mol. The Morgan fingerprint density at radius 2 is 1.96 bits per heavy atom. The Labute approximate surface area is 136 Å². The third-order valence-corrected chi connectivity index (χ3v) is 4.28. The molecule has 0 bridgehead atoms. The highest BCUT2D eigenvalue weighted by Gasteiger charge is 2.27. The van der Waals surface area contributed by atoms with E-state index in [1.807, 2.05) is 13.0 Å². The topological polar surface area (TPSA) is 89.6 Å². The van der Waals surface area contributed by atoms with Crippen LogP contribution in [-0.4, -0.2) is 29.5 Å². The quantitative estimate of drug-likeness (QED) is 0.810. The fourth-order valence-corrected chi connectivity index (χ4v) is 2.96. The largest absolute Gasteiger partial charge is 0.485 e. The maximum atomic E-state index is 12.1. The summed E-state index contributed by atoms with van der Waals surface area (Å²) in [6, 6.07) is 7.10. The summed E-state index contributed by atoms with van der Waals surface area (Å²) in [4.78, 5) is 28.8. The van der Waals surface area contributed by atoms with E-state index in [1.165, 1.54) is 11.3 Å². The highest BCUT2D eigenvalue weighted by atomic mass is 32.1. The number of aryl methyl sites for hydroxylation is 2. The zero-order valence-corrected chi connectivity index (χ0v) is 13.4. The molecule has 1 aromatic carbocycles. The SMILES string of the molecule is Cc1nc(C)c(C(=O)NNC(=O)[C@@H]2COc3ccccc3O2)s1. The van der Waals surface area contributed by atoms with Crippen LogP contribution in [0.2, 0.25) is 0 Å². The Balaban J connectivity index is 1.58. The lowest BCUT2D eigenvalue weighted by atomic mass is 10.2. The third kappa shape index (κ3) is 3.26. The van der Waals surface area contributed by atoms with Crippen molar-refractivity contribution in [2.24, 2.45) is 0 Å². The number of benzene rings is 1. The molecule has 0 unspecified atom stereocenters. The zero-order chi connectivity index (χ0) is 16.4. The average molecular weight is 333 g/mol. The number of carbonyl (C=O) groups excluding carboxylic acids is 2. The summed E-state index contributed by atoms with van der Waals surface area (Å²) in [6.07, 6.45) is -0.825. The van der Waals surface area contributed by atoms with Gasteiger partial charge in [-0.1, -0.05) is 12.1 Å². The average Bonchev–Trinajstić information content (AvgIpc) is 2.90. The van der Waals surface area contributed by atoms with Gasteiger partial charge in [-0.3, -0.25) is 20.4 Å². The van der Waals surface area contributed by atoms with Gasteiger partial charge in [0.2, 0.25) is 6.10 Å². The Kier molecular flexibility index (Phi) is 4.16. The van der Waals surface area contributed by atoms with Crippen molar-refractivity contribution >= 4 is 23.2 Å². The summed E-state index contributed by atoms with van der Waals surface area (Å²) in [5.41, 5.74) is 5.35. The second-order valence-corrected chi connectivity index (χ2v) is 6.16. The third-order valence-electron chi connectivity index (χ3n) is 3.21. The van der Waals surface area contributed by atoms with Crippen LogP contribution in [0.25, 0.3) is 0 Å². The molecule has 8 heteroatoms. The predicted molar refractivity (Wildman–Crippen MR) is 83.5 cm³/mol. The first-order valence-electron chi connectivity index (χ1n) is 6.97. The number of ether oxygens (including phenoxy) is 2. The minimum atomic E-state index is -0.825. The number of nitrogens with one attached hydrogen (secondary N) is 2.